The second-order valence-corrected chi connectivity index (χ2v) is 4.30. The fraction of sp³-hybridized carbons (Fsp3) is 0.900. The minimum absolute atomic E-state index is 0.319. The van der Waals surface area contributed by atoms with Gasteiger partial charge in [0.05, 0.1) is 0 Å². The molecule has 1 saturated heterocycles. The van der Waals surface area contributed by atoms with Crippen LogP contribution in [0.25, 0.3) is 0 Å². The molecule has 1 heterocycles. The summed E-state index contributed by atoms with van der Waals surface area (Å²) in [4.78, 5) is 13.6. The van der Waals surface area contributed by atoms with E-state index >= 15 is 0 Å². The van der Waals surface area contributed by atoms with Crippen molar-refractivity contribution in [3.8, 4) is 0 Å². The molecule has 0 spiro atoms. The molecule has 0 aliphatic carbocycles. The Morgan fingerprint density at radius 1 is 1.69 bits per heavy atom. The topological polar surface area (TPSA) is 20.3 Å². The minimum Gasteiger partial charge on any atom is -0.340 e. The van der Waals surface area contributed by atoms with Gasteiger partial charge in [-0.3, -0.25) is 4.79 Å². The van der Waals surface area contributed by atoms with Crippen molar-refractivity contribution in [2.45, 2.75) is 39.2 Å². The van der Waals surface area contributed by atoms with E-state index in [-0.39, 0.29) is 0 Å². The van der Waals surface area contributed by atoms with Gasteiger partial charge in [-0.25, -0.2) is 0 Å². The van der Waals surface area contributed by atoms with Crippen LogP contribution in [0.5, 0.6) is 0 Å². The zero-order valence-electron chi connectivity index (χ0n) is 8.49. The largest absolute Gasteiger partial charge is 0.340 e. The van der Waals surface area contributed by atoms with Gasteiger partial charge in [-0.2, -0.15) is 12.6 Å². The van der Waals surface area contributed by atoms with E-state index in [1.54, 1.807) is 0 Å². The molecule has 0 radical (unpaired) electrons. The number of rotatable bonds is 4. The molecule has 1 aliphatic rings. The van der Waals surface area contributed by atoms with Crippen molar-refractivity contribution in [3.63, 3.8) is 0 Å². The number of carbonyl (C=O) groups is 1. The highest BCUT2D eigenvalue weighted by molar-refractivity contribution is 7.80. The van der Waals surface area contributed by atoms with Crippen LogP contribution in [-0.2, 0) is 4.79 Å². The highest BCUT2D eigenvalue weighted by Crippen LogP contribution is 2.22. The standard InChI is InChI=1S/C10H19NOS/c1-3-4-8(2)11-6-9(7-13)5-10(11)12/h8-9,13H,3-7H2,1-2H3. The molecule has 2 nitrogen and oxygen atoms in total. The van der Waals surface area contributed by atoms with Crippen LogP contribution in [0.15, 0.2) is 0 Å². The van der Waals surface area contributed by atoms with Crippen molar-refractivity contribution in [1.82, 2.24) is 4.90 Å². The molecule has 2 atom stereocenters. The first kappa shape index (κ1) is 10.9. The van der Waals surface area contributed by atoms with Gasteiger partial charge < -0.3 is 4.90 Å². The maximum Gasteiger partial charge on any atom is 0.223 e. The molecule has 13 heavy (non-hydrogen) atoms. The summed E-state index contributed by atoms with van der Waals surface area (Å²) in [5.41, 5.74) is 0. The molecule has 0 bridgehead atoms. The van der Waals surface area contributed by atoms with Crippen LogP contribution in [0.1, 0.15) is 33.1 Å². The summed E-state index contributed by atoms with van der Waals surface area (Å²) in [7, 11) is 0. The van der Waals surface area contributed by atoms with Gasteiger partial charge in [-0.05, 0) is 25.0 Å². The Hall–Kier alpha value is -0.180. The summed E-state index contributed by atoms with van der Waals surface area (Å²) in [6, 6.07) is 0.419. The summed E-state index contributed by atoms with van der Waals surface area (Å²) in [6.45, 7) is 5.22. The second kappa shape index (κ2) is 4.89. The van der Waals surface area contributed by atoms with Crippen molar-refractivity contribution in [2.75, 3.05) is 12.3 Å². The maximum atomic E-state index is 11.6. The van der Waals surface area contributed by atoms with Crippen molar-refractivity contribution >= 4 is 18.5 Å². The summed E-state index contributed by atoms with van der Waals surface area (Å²) >= 11 is 4.24. The first-order valence-corrected chi connectivity index (χ1v) is 5.72. The number of nitrogens with zero attached hydrogens (tertiary/aromatic N) is 1. The predicted molar refractivity (Wildman–Crippen MR) is 58.0 cm³/mol. The lowest BCUT2D eigenvalue weighted by molar-refractivity contribution is -0.129. The Labute approximate surface area is 86.1 Å². The molecule has 1 rings (SSSR count). The third-order valence-corrected chi connectivity index (χ3v) is 3.25. The van der Waals surface area contributed by atoms with E-state index < -0.39 is 0 Å². The van der Waals surface area contributed by atoms with Crippen molar-refractivity contribution in [3.05, 3.63) is 0 Å². The number of carbonyl (C=O) groups excluding carboxylic acids is 1. The predicted octanol–water partition coefficient (Wildman–Crippen LogP) is 1.95. The summed E-state index contributed by atoms with van der Waals surface area (Å²) in [6.07, 6.45) is 2.97. The van der Waals surface area contributed by atoms with E-state index in [1.807, 2.05) is 4.90 Å². The molecular weight excluding hydrogens is 182 g/mol. The SMILES string of the molecule is CCCC(C)N1CC(CS)CC1=O. The second-order valence-electron chi connectivity index (χ2n) is 3.94. The van der Waals surface area contributed by atoms with Gasteiger partial charge >= 0.3 is 0 Å². The third-order valence-electron chi connectivity index (χ3n) is 2.74. The molecule has 0 saturated carbocycles. The Bertz CT molecular complexity index is 184. The molecule has 0 aromatic carbocycles. The fourth-order valence-corrected chi connectivity index (χ4v) is 2.17. The summed E-state index contributed by atoms with van der Waals surface area (Å²) < 4.78 is 0. The molecule has 0 aromatic rings. The number of hydrogen-bond acceptors (Lipinski definition) is 2. The molecule has 3 heteroatoms. The average molecular weight is 201 g/mol. The van der Waals surface area contributed by atoms with E-state index in [0.29, 0.717) is 24.3 Å². The normalized spacial score (nSPS) is 25.3. The van der Waals surface area contributed by atoms with Crippen LogP contribution in [-0.4, -0.2) is 29.1 Å². The van der Waals surface area contributed by atoms with Crippen LogP contribution in [0, 0.1) is 5.92 Å². The minimum atomic E-state index is 0.319. The van der Waals surface area contributed by atoms with E-state index in [9.17, 15) is 4.79 Å². The Kier molecular flexibility index (Phi) is 4.10. The van der Waals surface area contributed by atoms with Gasteiger partial charge in [-0.1, -0.05) is 13.3 Å². The molecule has 76 valence electrons. The fourth-order valence-electron chi connectivity index (χ4n) is 1.93. The van der Waals surface area contributed by atoms with Gasteiger partial charge in [0.25, 0.3) is 0 Å². The van der Waals surface area contributed by atoms with Crippen LogP contribution in [0.3, 0.4) is 0 Å². The van der Waals surface area contributed by atoms with Gasteiger partial charge in [0.15, 0.2) is 0 Å². The number of amides is 1. The zero-order valence-corrected chi connectivity index (χ0v) is 9.39. The highest BCUT2D eigenvalue weighted by atomic mass is 32.1. The molecule has 2 unspecified atom stereocenters. The lowest BCUT2D eigenvalue weighted by Gasteiger charge is -2.24. The van der Waals surface area contributed by atoms with Gasteiger partial charge in [-0.15, -0.1) is 0 Å². The van der Waals surface area contributed by atoms with E-state index in [1.165, 1.54) is 0 Å². The van der Waals surface area contributed by atoms with Crippen LogP contribution in [0.4, 0.5) is 0 Å². The van der Waals surface area contributed by atoms with E-state index in [0.717, 1.165) is 25.1 Å². The Morgan fingerprint density at radius 3 is 2.85 bits per heavy atom. The van der Waals surface area contributed by atoms with Crippen LogP contribution in [0.2, 0.25) is 0 Å². The third kappa shape index (κ3) is 2.63. The number of likely N-dealkylation sites (tertiary alicyclic amines) is 1. The van der Waals surface area contributed by atoms with Gasteiger partial charge in [0.2, 0.25) is 5.91 Å². The Balaban J connectivity index is 2.46. The lowest BCUT2D eigenvalue weighted by Crippen LogP contribution is -2.34. The molecule has 1 aliphatic heterocycles. The molecule has 1 amide bonds. The first-order valence-electron chi connectivity index (χ1n) is 5.09. The molecular formula is C10H19NOS. The monoisotopic (exact) mass is 201 g/mol. The van der Waals surface area contributed by atoms with E-state index in [4.69, 9.17) is 0 Å². The van der Waals surface area contributed by atoms with Crippen molar-refractivity contribution in [1.29, 1.82) is 0 Å². The smallest absolute Gasteiger partial charge is 0.223 e. The van der Waals surface area contributed by atoms with Crippen LogP contribution < -0.4 is 0 Å². The van der Waals surface area contributed by atoms with Crippen molar-refractivity contribution in [2.24, 2.45) is 5.92 Å². The first-order chi connectivity index (χ1) is 6.19. The van der Waals surface area contributed by atoms with Gasteiger partial charge in [0, 0.05) is 19.0 Å². The lowest BCUT2D eigenvalue weighted by atomic mass is 10.1. The zero-order chi connectivity index (χ0) is 9.84. The molecule has 0 aromatic heterocycles. The van der Waals surface area contributed by atoms with E-state index in [2.05, 4.69) is 26.5 Å². The quantitative estimate of drug-likeness (QED) is 0.689. The molecule has 1 fully saturated rings. The van der Waals surface area contributed by atoms with Gasteiger partial charge in [0.1, 0.15) is 0 Å². The number of thiol groups is 1. The van der Waals surface area contributed by atoms with Crippen molar-refractivity contribution < 1.29 is 4.79 Å². The summed E-state index contributed by atoms with van der Waals surface area (Å²) in [5.74, 6) is 1.64. The maximum absolute atomic E-state index is 11.6. The highest BCUT2D eigenvalue weighted by Gasteiger charge is 2.31. The average Bonchev–Trinajstić information content (AvgIpc) is 2.47. The number of hydrogen-bond donors (Lipinski definition) is 1. The summed E-state index contributed by atoms with van der Waals surface area (Å²) in [5, 5.41) is 0. The van der Waals surface area contributed by atoms with Crippen LogP contribution >= 0.6 is 12.6 Å². The molecule has 0 N–H and O–H groups in total. The Morgan fingerprint density at radius 2 is 2.38 bits per heavy atom.